The van der Waals surface area contributed by atoms with Gasteiger partial charge in [0.1, 0.15) is 11.4 Å². The number of ether oxygens (including phenoxy) is 1. The van der Waals surface area contributed by atoms with Crippen LogP contribution in [-0.2, 0) is 6.42 Å². The number of nitrogens with zero attached hydrogens (tertiary/aromatic N) is 1. The van der Waals surface area contributed by atoms with Gasteiger partial charge in [0.05, 0.1) is 0 Å². The molecule has 2 rings (SSSR count). The summed E-state index contributed by atoms with van der Waals surface area (Å²) in [6, 6.07) is 5.43. The third-order valence-corrected chi connectivity index (χ3v) is 2.79. The fraction of sp³-hybridized carbons (Fsp3) is 0.357. The first-order chi connectivity index (χ1) is 9.76. The highest BCUT2D eigenvalue weighted by molar-refractivity contribution is 5.67. The van der Waals surface area contributed by atoms with Crippen molar-refractivity contribution in [2.75, 3.05) is 5.73 Å². The number of rotatable bonds is 4. The SMILES string of the molecule is CC(C)Cc1c(-c2ccc(OC(F)(F)F)cc2)noc1N. The smallest absolute Gasteiger partial charge is 0.406 e. The Balaban J connectivity index is 2.27. The Kier molecular flexibility index (Phi) is 4.11. The number of hydrogen-bond donors (Lipinski definition) is 1. The summed E-state index contributed by atoms with van der Waals surface area (Å²) in [7, 11) is 0. The van der Waals surface area contributed by atoms with Crippen LogP contribution in [0.4, 0.5) is 19.1 Å². The summed E-state index contributed by atoms with van der Waals surface area (Å²) < 4.78 is 45.1. The van der Waals surface area contributed by atoms with Crippen LogP contribution in [0.5, 0.6) is 5.75 Å². The second-order valence-electron chi connectivity index (χ2n) is 5.04. The molecule has 0 atom stereocenters. The number of nitrogens with two attached hydrogens (primary N) is 1. The van der Waals surface area contributed by atoms with Crippen LogP contribution < -0.4 is 10.5 Å². The molecule has 0 radical (unpaired) electrons. The zero-order chi connectivity index (χ0) is 15.6. The number of nitrogen functional groups attached to an aromatic ring is 1. The van der Waals surface area contributed by atoms with Crippen LogP contribution in [-0.4, -0.2) is 11.5 Å². The Bertz CT molecular complexity index is 604. The first-order valence-electron chi connectivity index (χ1n) is 6.36. The second kappa shape index (κ2) is 5.67. The topological polar surface area (TPSA) is 61.3 Å². The maximum absolute atomic E-state index is 12.1. The van der Waals surface area contributed by atoms with Gasteiger partial charge in [-0.1, -0.05) is 19.0 Å². The molecule has 1 aromatic heterocycles. The van der Waals surface area contributed by atoms with Crippen molar-refractivity contribution in [1.29, 1.82) is 0 Å². The Morgan fingerprint density at radius 2 is 1.86 bits per heavy atom. The van der Waals surface area contributed by atoms with E-state index in [9.17, 15) is 13.2 Å². The quantitative estimate of drug-likeness (QED) is 0.926. The molecule has 1 heterocycles. The molecule has 2 N–H and O–H groups in total. The van der Waals surface area contributed by atoms with Crippen molar-refractivity contribution in [3.05, 3.63) is 29.8 Å². The van der Waals surface area contributed by atoms with Crippen LogP contribution in [0, 0.1) is 5.92 Å². The van der Waals surface area contributed by atoms with Crippen LogP contribution in [0.25, 0.3) is 11.3 Å². The molecule has 2 aromatic rings. The lowest BCUT2D eigenvalue weighted by Crippen LogP contribution is -2.16. The standard InChI is InChI=1S/C14H15F3N2O2/c1-8(2)7-11-12(19-21-13(11)18)9-3-5-10(6-4-9)20-14(15,16)17/h3-6,8H,7,18H2,1-2H3. The van der Waals surface area contributed by atoms with E-state index in [1.54, 1.807) is 0 Å². The van der Waals surface area contributed by atoms with E-state index in [2.05, 4.69) is 9.89 Å². The van der Waals surface area contributed by atoms with Crippen molar-refractivity contribution in [3.8, 4) is 17.0 Å². The maximum atomic E-state index is 12.1. The minimum absolute atomic E-state index is 0.231. The summed E-state index contributed by atoms with van der Waals surface area (Å²) in [5.74, 6) is 0.292. The predicted octanol–water partition coefficient (Wildman–Crippen LogP) is 4.02. The monoisotopic (exact) mass is 300 g/mol. The molecular weight excluding hydrogens is 285 g/mol. The molecular formula is C14H15F3N2O2. The molecule has 114 valence electrons. The van der Waals surface area contributed by atoms with Crippen LogP contribution in [0.3, 0.4) is 0 Å². The number of hydrogen-bond acceptors (Lipinski definition) is 4. The highest BCUT2D eigenvalue weighted by atomic mass is 19.4. The van der Waals surface area contributed by atoms with E-state index >= 15 is 0 Å². The van der Waals surface area contributed by atoms with Gasteiger partial charge in [0.15, 0.2) is 0 Å². The Hall–Kier alpha value is -2.18. The van der Waals surface area contributed by atoms with Crippen molar-refractivity contribution < 1.29 is 22.4 Å². The third kappa shape index (κ3) is 3.90. The van der Waals surface area contributed by atoms with Gasteiger partial charge in [0, 0.05) is 11.1 Å². The Labute approximate surface area is 119 Å². The molecule has 0 unspecified atom stereocenters. The number of benzene rings is 1. The first kappa shape index (κ1) is 15.2. The molecule has 21 heavy (non-hydrogen) atoms. The van der Waals surface area contributed by atoms with E-state index in [1.165, 1.54) is 24.3 Å². The Morgan fingerprint density at radius 1 is 1.24 bits per heavy atom. The van der Waals surface area contributed by atoms with Gasteiger partial charge in [-0.3, -0.25) is 0 Å². The van der Waals surface area contributed by atoms with Crippen LogP contribution in [0.2, 0.25) is 0 Å². The van der Waals surface area contributed by atoms with Gasteiger partial charge in [-0.05, 0) is 36.6 Å². The molecule has 7 heteroatoms. The third-order valence-electron chi connectivity index (χ3n) is 2.79. The van der Waals surface area contributed by atoms with E-state index < -0.39 is 6.36 Å². The summed E-state index contributed by atoms with van der Waals surface area (Å²) in [6.45, 7) is 4.05. The summed E-state index contributed by atoms with van der Waals surface area (Å²) in [5.41, 5.74) is 7.66. The second-order valence-corrected chi connectivity index (χ2v) is 5.04. The lowest BCUT2D eigenvalue weighted by molar-refractivity contribution is -0.274. The predicted molar refractivity (Wildman–Crippen MR) is 71.6 cm³/mol. The largest absolute Gasteiger partial charge is 0.573 e. The molecule has 0 aliphatic carbocycles. The Morgan fingerprint density at radius 3 is 2.38 bits per heavy atom. The van der Waals surface area contributed by atoms with Crippen LogP contribution in [0.15, 0.2) is 28.8 Å². The average molecular weight is 300 g/mol. The lowest BCUT2D eigenvalue weighted by Gasteiger charge is -2.09. The van der Waals surface area contributed by atoms with Gasteiger partial charge in [-0.25, -0.2) is 0 Å². The van der Waals surface area contributed by atoms with Gasteiger partial charge in [-0.15, -0.1) is 13.2 Å². The van der Waals surface area contributed by atoms with Gasteiger partial charge in [0.25, 0.3) is 0 Å². The van der Waals surface area contributed by atoms with Crippen molar-refractivity contribution in [3.63, 3.8) is 0 Å². The number of halogens is 3. The first-order valence-corrected chi connectivity index (χ1v) is 6.36. The van der Waals surface area contributed by atoms with Crippen molar-refractivity contribution in [1.82, 2.24) is 5.16 Å². The molecule has 0 amide bonds. The lowest BCUT2D eigenvalue weighted by atomic mass is 9.99. The maximum Gasteiger partial charge on any atom is 0.573 e. The minimum atomic E-state index is -4.71. The number of aromatic nitrogens is 1. The highest BCUT2D eigenvalue weighted by Crippen LogP contribution is 2.31. The fourth-order valence-electron chi connectivity index (χ4n) is 1.97. The van der Waals surface area contributed by atoms with Crippen molar-refractivity contribution in [2.24, 2.45) is 5.92 Å². The molecule has 0 aliphatic rings. The van der Waals surface area contributed by atoms with E-state index in [1.807, 2.05) is 13.8 Å². The zero-order valence-corrected chi connectivity index (χ0v) is 11.6. The van der Waals surface area contributed by atoms with E-state index in [0.29, 0.717) is 23.6 Å². The zero-order valence-electron chi connectivity index (χ0n) is 11.6. The van der Waals surface area contributed by atoms with Gasteiger partial charge in [0.2, 0.25) is 5.88 Å². The van der Waals surface area contributed by atoms with Crippen LogP contribution in [0.1, 0.15) is 19.4 Å². The van der Waals surface area contributed by atoms with Gasteiger partial charge >= 0.3 is 6.36 Å². The summed E-state index contributed by atoms with van der Waals surface area (Å²) >= 11 is 0. The van der Waals surface area contributed by atoms with Crippen molar-refractivity contribution in [2.45, 2.75) is 26.6 Å². The van der Waals surface area contributed by atoms with E-state index in [-0.39, 0.29) is 11.6 Å². The van der Waals surface area contributed by atoms with Crippen molar-refractivity contribution >= 4 is 5.88 Å². The molecule has 0 fully saturated rings. The molecule has 0 aliphatic heterocycles. The molecule has 0 saturated carbocycles. The normalized spacial score (nSPS) is 11.9. The fourth-order valence-corrected chi connectivity index (χ4v) is 1.97. The molecule has 4 nitrogen and oxygen atoms in total. The van der Waals surface area contributed by atoms with Gasteiger partial charge in [-0.2, -0.15) is 0 Å². The molecule has 0 spiro atoms. The van der Waals surface area contributed by atoms with E-state index in [0.717, 1.165) is 5.56 Å². The van der Waals surface area contributed by atoms with Gasteiger partial charge < -0.3 is 15.0 Å². The highest BCUT2D eigenvalue weighted by Gasteiger charge is 2.31. The van der Waals surface area contributed by atoms with Crippen LogP contribution >= 0.6 is 0 Å². The molecule has 0 bridgehead atoms. The number of alkyl halides is 3. The summed E-state index contributed by atoms with van der Waals surface area (Å²) in [6.07, 6.45) is -4.03. The minimum Gasteiger partial charge on any atom is -0.406 e. The van der Waals surface area contributed by atoms with E-state index in [4.69, 9.17) is 10.3 Å². The summed E-state index contributed by atoms with van der Waals surface area (Å²) in [4.78, 5) is 0. The average Bonchev–Trinajstić information content (AvgIpc) is 2.70. The number of anilines is 1. The summed E-state index contributed by atoms with van der Waals surface area (Å²) in [5, 5.41) is 3.88. The molecule has 1 aromatic carbocycles. The molecule has 0 saturated heterocycles.